The number of rotatable bonds is 6. The average molecular weight is 385 g/mol. The standard InChI is InChI=1S/C20H21ClN4O2/c1-13(2)10-11-22-19(26)17-16-5-3-4-12-25(16)18(24-17)20(27)23-15-8-6-14(21)7-9-15/h3-9,12-13H,10-11H2,1-2H3,(H,22,26)(H,23,27). The van der Waals surface area contributed by atoms with Crippen LogP contribution in [0.2, 0.25) is 5.02 Å². The summed E-state index contributed by atoms with van der Waals surface area (Å²) in [5, 5.41) is 6.23. The molecule has 0 aliphatic carbocycles. The zero-order valence-electron chi connectivity index (χ0n) is 15.2. The van der Waals surface area contributed by atoms with Crippen molar-refractivity contribution in [1.82, 2.24) is 14.7 Å². The normalized spacial score (nSPS) is 11.0. The third-order valence-electron chi connectivity index (χ3n) is 4.08. The van der Waals surface area contributed by atoms with Crippen molar-refractivity contribution in [3.05, 3.63) is 65.2 Å². The predicted molar refractivity (Wildman–Crippen MR) is 106 cm³/mol. The number of nitrogens with zero attached hydrogens (tertiary/aromatic N) is 2. The molecule has 7 heteroatoms. The number of imidazole rings is 1. The Balaban J connectivity index is 1.86. The third kappa shape index (κ3) is 4.46. The van der Waals surface area contributed by atoms with Gasteiger partial charge in [0.25, 0.3) is 11.8 Å². The van der Waals surface area contributed by atoms with E-state index in [1.54, 1.807) is 47.0 Å². The Labute approximate surface area is 162 Å². The molecule has 0 fully saturated rings. The van der Waals surface area contributed by atoms with Crippen molar-refractivity contribution in [3.63, 3.8) is 0 Å². The highest BCUT2D eigenvalue weighted by molar-refractivity contribution is 6.30. The van der Waals surface area contributed by atoms with Crippen LogP contribution in [0.1, 0.15) is 41.4 Å². The number of fused-ring (bicyclic) bond motifs is 1. The third-order valence-corrected chi connectivity index (χ3v) is 4.33. The molecule has 0 atom stereocenters. The van der Waals surface area contributed by atoms with Gasteiger partial charge in [-0.2, -0.15) is 0 Å². The monoisotopic (exact) mass is 384 g/mol. The van der Waals surface area contributed by atoms with Gasteiger partial charge in [-0.3, -0.25) is 14.0 Å². The molecule has 2 N–H and O–H groups in total. The van der Waals surface area contributed by atoms with Gasteiger partial charge in [0, 0.05) is 23.5 Å². The van der Waals surface area contributed by atoms with Crippen molar-refractivity contribution in [3.8, 4) is 0 Å². The summed E-state index contributed by atoms with van der Waals surface area (Å²) >= 11 is 5.87. The molecule has 3 aromatic rings. The van der Waals surface area contributed by atoms with Crippen molar-refractivity contribution < 1.29 is 9.59 Å². The molecule has 0 bridgehead atoms. The summed E-state index contributed by atoms with van der Waals surface area (Å²) in [6.07, 6.45) is 2.59. The van der Waals surface area contributed by atoms with Crippen molar-refractivity contribution in [2.45, 2.75) is 20.3 Å². The van der Waals surface area contributed by atoms with E-state index in [0.717, 1.165) is 6.42 Å². The van der Waals surface area contributed by atoms with E-state index in [0.29, 0.717) is 28.7 Å². The average Bonchev–Trinajstić information content (AvgIpc) is 3.03. The quantitative estimate of drug-likeness (QED) is 0.674. The van der Waals surface area contributed by atoms with Crippen LogP contribution in [0.3, 0.4) is 0 Å². The molecular formula is C20H21ClN4O2. The molecule has 0 saturated carbocycles. The predicted octanol–water partition coefficient (Wildman–Crippen LogP) is 4.02. The minimum atomic E-state index is -0.403. The molecule has 0 aliphatic heterocycles. The fourth-order valence-corrected chi connectivity index (χ4v) is 2.77. The number of aromatic nitrogens is 2. The maximum atomic E-state index is 12.7. The van der Waals surface area contributed by atoms with Crippen molar-refractivity contribution >= 4 is 34.6 Å². The number of anilines is 1. The van der Waals surface area contributed by atoms with Crippen LogP contribution >= 0.6 is 11.6 Å². The lowest BCUT2D eigenvalue weighted by molar-refractivity contribution is 0.0949. The molecule has 27 heavy (non-hydrogen) atoms. The SMILES string of the molecule is CC(C)CCNC(=O)c1nc(C(=O)Nc2ccc(Cl)cc2)n2ccccc12. The van der Waals surface area contributed by atoms with Crippen LogP contribution in [0.4, 0.5) is 5.69 Å². The minimum absolute atomic E-state index is 0.148. The largest absolute Gasteiger partial charge is 0.351 e. The molecular weight excluding hydrogens is 364 g/mol. The van der Waals surface area contributed by atoms with Gasteiger partial charge in [-0.15, -0.1) is 0 Å². The number of halogens is 1. The minimum Gasteiger partial charge on any atom is -0.351 e. The van der Waals surface area contributed by atoms with Crippen LogP contribution in [-0.2, 0) is 0 Å². The zero-order chi connectivity index (χ0) is 19.4. The molecule has 6 nitrogen and oxygen atoms in total. The van der Waals surface area contributed by atoms with E-state index in [9.17, 15) is 9.59 Å². The first kappa shape index (κ1) is 18.9. The van der Waals surface area contributed by atoms with Crippen LogP contribution in [0.5, 0.6) is 0 Å². The van der Waals surface area contributed by atoms with E-state index in [-0.39, 0.29) is 17.4 Å². The van der Waals surface area contributed by atoms with Gasteiger partial charge < -0.3 is 10.6 Å². The molecule has 2 aromatic heterocycles. The van der Waals surface area contributed by atoms with Gasteiger partial charge in [-0.1, -0.05) is 31.5 Å². The summed E-state index contributed by atoms with van der Waals surface area (Å²) in [4.78, 5) is 29.5. The first-order chi connectivity index (χ1) is 13.0. The van der Waals surface area contributed by atoms with E-state index < -0.39 is 5.91 Å². The molecule has 0 spiro atoms. The van der Waals surface area contributed by atoms with Crippen LogP contribution in [0.25, 0.3) is 5.52 Å². The lowest BCUT2D eigenvalue weighted by Crippen LogP contribution is -2.26. The van der Waals surface area contributed by atoms with E-state index in [2.05, 4.69) is 29.5 Å². The first-order valence-corrected chi connectivity index (χ1v) is 9.15. The molecule has 0 aliphatic rings. The van der Waals surface area contributed by atoms with Crippen LogP contribution in [0.15, 0.2) is 48.7 Å². The summed E-state index contributed by atoms with van der Waals surface area (Å²) in [6.45, 7) is 4.75. The lowest BCUT2D eigenvalue weighted by atomic mass is 10.1. The Bertz CT molecular complexity index is 964. The van der Waals surface area contributed by atoms with Gasteiger partial charge in [0.05, 0.1) is 5.52 Å². The van der Waals surface area contributed by atoms with Crippen molar-refractivity contribution in [2.75, 3.05) is 11.9 Å². The molecule has 2 amide bonds. The van der Waals surface area contributed by atoms with E-state index in [4.69, 9.17) is 11.6 Å². The second-order valence-corrected chi connectivity index (χ2v) is 7.08. The number of hydrogen-bond donors (Lipinski definition) is 2. The van der Waals surface area contributed by atoms with Crippen molar-refractivity contribution in [1.29, 1.82) is 0 Å². The molecule has 140 valence electrons. The van der Waals surface area contributed by atoms with Gasteiger partial charge in [0.2, 0.25) is 5.82 Å². The Hall–Kier alpha value is -2.86. The molecule has 0 radical (unpaired) electrons. The number of carbonyl (C=O) groups excluding carboxylic acids is 2. The summed E-state index contributed by atoms with van der Waals surface area (Å²) in [5.41, 5.74) is 1.42. The lowest BCUT2D eigenvalue weighted by Gasteiger charge is -2.05. The highest BCUT2D eigenvalue weighted by atomic mass is 35.5. The Morgan fingerprint density at radius 2 is 1.85 bits per heavy atom. The second kappa shape index (κ2) is 8.22. The van der Waals surface area contributed by atoms with Crippen molar-refractivity contribution in [2.24, 2.45) is 5.92 Å². The zero-order valence-corrected chi connectivity index (χ0v) is 16.0. The fraction of sp³-hybridized carbons (Fsp3) is 0.250. The van der Waals surface area contributed by atoms with Gasteiger partial charge in [0.1, 0.15) is 0 Å². The maximum absolute atomic E-state index is 12.7. The molecule has 0 saturated heterocycles. The van der Waals surface area contributed by atoms with Gasteiger partial charge in [0.15, 0.2) is 5.69 Å². The number of carbonyl (C=O) groups is 2. The summed E-state index contributed by atoms with van der Waals surface area (Å²) < 4.78 is 1.61. The van der Waals surface area contributed by atoms with Gasteiger partial charge in [-0.25, -0.2) is 4.98 Å². The van der Waals surface area contributed by atoms with Gasteiger partial charge >= 0.3 is 0 Å². The van der Waals surface area contributed by atoms with E-state index in [1.165, 1.54) is 0 Å². The summed E-state index contributed by atoms with van der Waals surface area (Å²) in [6, 6.07) is 12.1. The highest BCUT2D eigenvalue weighted by Crippen LogP contribution is 2.17. The molecule has 0 unspecified atom stereocenters. The number of amides is 2. The first-order valence-electron chi connectivity index (χ1n) is 8.78. The van der Waals surface area contributed by atoms with Crippen LogP contribution < -0.4 is 10.6 Å². The smallest absolute Gasteiger partial charge is 0.292 e. The van der Waals surface area contributed by atoms with Gasteiger partial charge in [-0.05, 0) is 48.7 Å². The van der Waals surface area contributed by atoms with E-state index >= 15 is 0 Å². The molecule has 2 heterocycles. The summed E-state index contributed by atoms with van der Waals surface area (Å²) in [7, 11) is 0. The molecule has 3 rings (SSSR count). The summed E-state index contributed by atoms with van der Waals surface area (Å²) in [5.74, 6) is -0.0519. The van der Waals surface area contributed by atoms with Crippen LogP contribution in [-0.4, -0.2) is 27.7 Å². The Morgan fingerprint density at radius 1 is 1.11 bits per heavy atom. The van der Waals surface area contributed by atoms with E-state index in [1.807, 2.05) is 6.07 Å². The molecule has 1 aromatic carbocycles. The fourth-order valence-electron chi connectivity index (χ4n) is 2.64. The number of nitrogens with one attached hydrogen (secondary N) is 2. The number of benzene rings is 1. The Kier molecular flexibility index (Phi) is 5.76. The van der Waals surface area contributed by atoms with Crippen LogP contribution in [0, 0.1) is 5.92 Å². The topological polar surface area (TPSA) is 75.5 Å². The highest BCUT2D eigenvalue weighted by Gasteiger charge is 2.21. The second-order valence-electron chi connectivity index (χ2n) is 6.64. The Morgan fingerprint density at radius 3 is 2.56 bits per heavy atom. The maximum Gasteiger partial charge on any atom is 0.292 e. The number of hydrogen-bond acceptors (Lipinski definition) is 3. The number of pyridine rings is 1.